The number of rotatable bonds is 3. The highest BCUT2D eigenvalue weighted by Gasteiger charge is 2.16. The monoisotopic (exact) mass is 213 g/mol. The fourth-order valence-corrected chi connectivity index (χ4v) is 1.12. The van der Waals surface area contributed by atoms with Gasteiger partial charge < -0.3 is 9.84 Å². The summed E-state index contributed by atoms with van der Waals surface area (Å²) in [6.45, 7) is -0.337. The Morgan fingerprint density at radius 3 is 3.00 bits per heavy atom. The van der Waals surface area contributed by atoms with Gasteiger partial charge in [-0.15, -0.1) is 0 Å². The zero-order valence-electron chi connectivity index (χ0n) is 7.44. The van der Waals surface area contributed by atoms with Gasteiger partial charge in [0.25, 0.3) is 0 Å². The standard InChI is InChI=1S/C8H8ClN3O2/c1-14-8-11-3-6(9)7(12-8)5(2-10)4-13/h3,5,13H,4H2,1H3. The van der Waals surface area contributed by atoms with Crippen molar-refractivity contribution in [1.29, 1.82) is 5.26 Å². The normalized spacial score (nSPS) is 11.9. The van der Waals surface area contributed by atoms with Gasteiger partial charge in [0.2, 0.25) is 0 Å². The molecule has 0 amide bonds. The lowest BCUT2D eigenvalue weighted by Crippen LogP contribution is -2.06. The molecule has 1 aromatic rings. The van der Waals surface area contributed by atoms with Crippen LogP contribution in [-0.2, 0) is 0 Å². The van der Waals surface area contributed by atoms with Crippen molar-refractivity contribution in [2.75, 3.05) is 13.7 Å². The SMILES string of the molecule is COc1ncc(Cl)c(C(C#N)CO)n1. The highest BCUT2D eigenvalue weighted by molar-refractivity contribution is 6.31. The zero-order chi connectivity index (χ0) is 10.6. The predicted molar refractivity (Wildman–Crippen MR) is 49.0 cm³/mol. The van der Waals surface area contributed by atoms with Gasteiger partial charge in [-0.25, -0.2) is 4.98 Å². The molecule has 0 spiro atoms. The molecule has 0 saturated heterocycles. The van der Waals surface area contributed by atoms with Crippen LogP contribution in [0, 0.1) is 11.3 Å². The lowest BCUT2D eigenvalue weighted by atomic mass is 10.1. The van der Waals surface area contributed by atoms with Gasteiger partial charge in [0.1, 0.15) is 5.92 Å². The largest absolute Gasteiger partial charge is 0.467 e. The van der Waals surface area contributed by atoms with Gasteiger partial charge in [-0.3, -0.25) is 0 Å². The predicted octanol–water partition coefficient (Wildman–Crippen LogP) is 0.738. The Hall–Kier alpha value is -1.38. The minimum absolute atomic E-state index is 0.123. The van der Waals surface area contributed by atoms with Crippen molar-refractivity contribution in [2.24, 2.45) is 0 Å². The third-order valence-electron chi connectivity index (χ3n) is 1.60. The van der Waals surface area contributed by atoms with Crippen LogP contribution in [0.2, 0.25) is 5.02 Å². The number of ether oxygens (including phenoxy) is 1. The average molecular weight is 214 g/mol. The van der Waals surface area contributed by atoms with E-state index in [0.29, 0.717) is 0 Å². The van der Waals surface area contributed by atoms with Crippen LogP contribution in [0.3, 0.4) is 0 Å². The maximum atomic E-state index is 8.89. The highest BCUT2D eigenvalue weighted by atomic mass is 35.5. The number of halogens is 1. The van der Waals surface area contributed by atoms with E-state index in [2.05, 4.69) is 9.97 Å². The van der Waals surface area contributed by atoms with Gasteiger partial charge in [0.15, 0.2) is 0 Å². The fraction of sp³-hybridized carbons (Fsp3) is 0.375. The molecule has 0 aliphatic carbocycles. The van der Waals surface area contributed by atoms with E-state index in [9.17, 15) is 0 Å². The van der Waals surface area contributed by atoms with E-state index in [1.54, 1.807) is 0 Å². The van der Waals surface area contributed by atoms with Crippen LogP contribution < -0.4 is 4.74 Å². The molecule has 6 heteroatoms. The van der Waals surface area contributed by atoms with Gasteiger partial charge in [-0.1, -0.05) is 11.6 Å². The number of aromatic nitrogens is 2. The Labute approximate surface area is 85.9 Å². The van der Waals surface area contributed by atoms with Crippen molar-refractivity contribution in [2.45, 2.75) is 5.92 Å². The summed E-state index contributed by atoms with van der Waals surface area (Å²) in [5, 5.41) is 17.8. The quantitative estimate of drug-likeness (QED) is 0.801. The van der Waals surface area contributed by atoms with Crippen molar-refractivity contribution < 1.29 is 9.84 Å². The Bertz CT molecular complexity index is 364. The van der Waals surface area contributed by atoms with Gasteiger partial charge in [-0.2, -0.15) is 10.2 Å². The third-order valence-corrected chi connectivity index (χ3v) is 1.89. The second-order valence-corrected chi connectivity index (χ2v) is 2.86. The minimum Gasteiger partial charge on any atom is -0.467 e. The van der Waals surface area contributed by atoms with Crippen molar-refractivity contribution in [3.8, 4) is 12.1 Å². The van der Waals surface area contributed by atoms with Crippen molar-refractivity contribution in [3.63, 3.8) is 0 Å². The average Bonchev–Trinajstić information content (AvgIpc) is 2.22. The Morgan fingerprint density at radius 2 is 2.50 bits per heavy atom. The number of nitrogens with zero attached hydrogens (tertiary/aromatic N) is 3. The maximum absolute atomic E-state index is 8.89. The van der Waals surface area contributed by atoms with E-state index in [4.69, 9.17) is 26.7 Å². The second kappa shape index (κ2) is 4.74. The lowest BCUT2D eigenvalue weighted by Gasteiger charge is -2.07. The summed E-state index contributed by atoms with van der Waals surface area (Å²) >= 11 is 5.76. The lowest BCUT2D eigenvalue weighted by molar-refractivity contribution is 0.283. The van der Waals surface area contributed by atoms with Gasteiger partial charge in [0, 0.05) is 0 Å². The number of methoxy groups -OCH3 is 1. The van der Waals surface area contributed by atoms with Crippen LogP contribution in [0.25, 0.3) is 0 Å². The fourth-order valence-electron chi connectivity index (χ4n) is 0.894. The van der Waals surface area contributed by atoms with E-state index in [-0.39, 0.29) is 23.3 Å². The summed E-state index contributed by atoms with van der Waals surface area (Å²) in [4.78, 5) is 7.64. The van der Waals surface area contributed by atoms with E-state index < -0.39 is 5.92 Å². The first-order valence-electron chi connectivity index (χ1n) is 3.79. The third kappa shape index (κ3) is 2.10. The molecule has 14 heavy (non-hydrogen) atoms. The van der Waals surface area contributed by atoms with E-state index in [0.717, 1.165) is 0 Å². The first kappa shape index (κ1) is 10.7. The molecule has 1 heterocycles. The topological polar surface area (TPSA) is 79.0 Å². The molecule has 0 aliphatic heterocycles. The molecule has 1 rings (SSSR count). The zero-order valence-corrected chi connectivity index (χ0v) is 8.19. The van der Waals surface area contributed by atoms with E-state index in [1.807, 2.05) is 6.07 Å². The van der Waals surface area contributed by atoms with Crippen LogP contribution in [0.1, 0.15) is 11.6 Å². The van der Waals surface area contributed by atoms with Gasteiger partial charge in [-0.05, 0) is 0 Å². The highest BCUT2D eigenvalue weighted by Crippen LogP contribution is 2.22. The van der Waals surface area contributed by atoms with Crippen LogP contribution in [0.5, 0.6) is 6.01 Å². The van der Waals surface area contributed by atoms with E-state index in [1.165, 1.54) is 13.3 Å². The molecule has 0 fully saturated rings. The van der Waals surface area contributed by atoms with Gasteiger partial charge in [0.05, 0.1) is 36.7 Å². The summed E-state index contributed by atoms with van der Waals surface area (Å²) in [6, 6.07) is 2.00. The molecule has 1 atom stereocenters. The first-order chi connectivity index (χ1) is 6.72. The molecule has 1 N–H and O–H groups in total. The van der Waals surface area contributed by atoms with Gasteiger partial charge >= 0.3 is 6.01 Å². The van der Waals surface area contributed by atoms with Crippen molar-refractivity contribution >= 4 is 11.6 Å². The first-order valence-corrected chi connectivity index (χ1v) is 4.17. The Kier molecular flexibility index (Phi) is 3.63. The molecule has 0 saturated carbocycles. The summed E-state index contributed by atoms with van der Waals surface area (Å²) in [6.07, 6.45) is 1.34. The van der Waals surface area contributed by atoms with E-state index >= 15 is 0 Å². The van der Waals surface area contributed by atoms with Crippen LogP contribution in [-0.4, -0.2) is 28.8 Å². The maximum Gasteiger partial charge on any atom is 0.316 e. The number of nitriles is 1. The molecule has 0 aliphatic rings. The number of aliphatic hydroxyl groups excluding tert-OH is 1. The number of aliphatic hydroxyl groups is 1. The smallest absolute Gasteiger partial charge is 0.316 e. The van der Waals surface area contributed by atoms with Crippen LogP contribution in [0.15, 0.2) is 6.20 Å². The summed E-state index contributed by atoms with van der Waals surface area (Å²) in [5.41, 5.74) is 0.281. The number of hydrogen-bond donors (Lipinski definition) is 1. The minimum atomic E-state index is -0.751. The summed E-state index contributed by atoms with van der Waals surface area (Å²) in [5.74, 6) is -0.751. The van der Waals surface area contributed by atoms with Crippen LogP contribution >= 0.6 is 11.6 Å². The van der Waals surface area contributed by atoms with Crippen molar-refractivity contribution in [1.82, 2.24) is 9.97 Å². The molecule has 0 aromatic carbocycles. The molecule has 0 bridgehead atoms. The molecule has 1 aromatic heterocycles. The number of hydrogen-bond acceptors (Lipinski definition) is 5. The molecular weight excluding hydrogens is 206 g/mol. The molecule has 74 valence electrons. The summed E-state index contributed by atoms with van der Waals surface area (Å²) in [7, 11) is 1.41. The second-order valence-electron chi connectivity index (χ2n) is 2.45. The Balaban J connectivity index is 3.12. The van der Waals surface area contributed by atoms with Crippen LogP contribution in [0.4, 0.5) is 0 Å². The summed E-state index contributed by atoms with van der Waals surface area (Å²) < 4.78 is 4.78. The Morgan fingerprint density at radius 1 is 1.79 bits per heavy atom. The van der Waals surface area contributed by atoms with Crippen molar-refractivity contribution in [3.05, 3.63) is 16.9 Å². The molecule has 5 nitrogen and oxygen atoms in total. The molecular formula is C8H8ClN3O2. The molecule has 1 unspecified atom stereocenters. The molecule has 0 radical (unpaired) electrons.